The van der Waals surface area contributed by atoms with Crippen molar-refractivity contribution in [2.24, 2.45) is 4.99 Å². The van der Waals surface area contributed by atoms with Crippen molar-refractivity contribution in [3.63, 3.8) is 0 Å². The number of hydrogen-bond acceptors (Lipinski definition) is 6. The number of guanidine groups is 1. The van der Waals surface area contributed by atoms with Crippen LogP contribution in [0.5, 0.6) is 11.5 Å². The number of nitrogens with one attached hydrogen (secondary N) is 2. The first-order valence-electron chi connectivity index (χ1n) is 10.4. The van der Waals surface area contributed by atoms with Crippen LogP contribution in [0.2, 0.25) is 0 Å². The van der Waals surface area contributed by atoms with Crippen molar-refractivity contribution >= 4 is 23.0 Å². The number of thiophene rings is 1. The second kappa shape index (κ2) is 11.4. The fraction of sp³-hybridized carbons (Fsp3) is 0.348. The predicted octanol–water partition coefficient (Wildman–Crippen LogP) is 4.67. The number of anilines is 1. The molecule has 4 rings (SSSR count). The molecular formula is C23H27N3O4S. The van der Waals surface area contributed by atoms with Gasteiger partial charge in [0.15, 0.2) is 17.5 Å². The molecule has 0 amide bonds. The lowest BCUT2D eigenvalue weighted by Crippen LogP contribution is -2.32. The zero-order valence-corrected chi connectivity index (χ0v) is 18.2. The van der Waals surface area contributed by atoms with Gasteiger partial charge in [-0.2, -0.15) is 0 Å². The van der Waals surface area contributed by atoms with Gasteiger partial charge in [-0.15, -0.1) is 11.3 Å². The molecule has 0 radical (unpaired) electrons. The van der Waals surface area contributed by atoms with Gasteiger partial charge in [0.1, 0.15) is 12.4 Å². The summed E-state index contributed by atoms with van der Waals surface area (Å²) in [5.74, 6) is 3.09. The van der Waals surface area contributed by atoms with Crippen LogP contribution in [-0.4, -0.2) is 32.3 Å². The molecule has 1 aliphatic rings. The lowest BCUT2D eigenvalue weighted by Gasteiger charge is -2.14. The smallest absolute Gasteiger partial charge is 0.196 e. The summed E-state index contributed by atoms with van der Waals surface area (Å²) in [7, 11) is 0. The van der Waals surface area contributed by atoms with E-state index in [0.29, 0.717) is 38.9 Å². The Kier molecular flexibility index (Phi) is 7.84. The maximum absolute atomic E-state index is 5.80. The first-order valence-corrected chi connectivity index (χ1v) is 11.3. The van der Waals surface area contributed by atoms with Crippen LogP contribution in [0.25, 0.3) is 0 Å². The predicted molar refractivity (Wildman–Crippen MR) is 122 cm³/mol. The summed E-state index contributed by atoms with van der Waals surface area (Å²) in [5, 5.41) is 8.82. The molecule has 1 aliphatic heterocycles. The number of furan rings is 1. The van der Waals surface area contributed by atoms with E-state index in [1.165, 1.54) is 4.88 Å². The van der Waals surface area contributed by atoms with Gasteiger partial charge in [-0.1, -0.05) is 6.07 Å². The van der Waals surface area contributed by atoms with Crippen LogP contribution in [0, 0.1) is 0 Å². The second-order valence-electron chi connectivity index (χ2n) is 6.99. The fourth-order valence-electron chi connectivity index (χ4n) is 3.03. The second-order valence-corrected chi connectivity index (χ2v) is 8.03. The van der Waals surface area contributed by atoms with Gasteiger partial charge in [0, 0.05) is 36.2 Å². The van der Waals surface area contributed by atoms with E-state index in [0.717, 1.165) is 42.3 Å². The Morgan fingerprint density at radius 1 is 1.10 bits per heavy atom. The summed E-state index contributed by atoms with van der Waals surface area (Å²) in [6, 6.07) is 13.8. The minimum atomic E-state index is 0.488. The third-order valence-electron chi connectivity index (χ3n) is 4.57. The van der Waals surface area contributed by atoms with Crippen molar-refractivity contribution < 1.29 is 18.6 Å². The van der Waals surface area contributed by atoms with Crippen LogP contribution >= 0.6 is 11.3 Å². The SMILES string of the molecule is c1coc(COCCCNC(=NCc2cccs2)Nc2ccc3c(c2)OCCCO3)c1. The Morgan fingerprint density at radius 2 is 2.03 bits per heavy atom. The molecule has 3 aromatic rings. The highest BCUT2D eigenvalue weighted by Gasteiger charge is 2.11. The first-order chi connectivity index (χ1) is 15.4. The van der Waals surface area contributed by atoms with Crippen molar-refractivity contribution in [2.45, 2.75) is 26.0 Å². The third kappa shape index (κ3) is 6.77. The quantitative estimate of drug-likeness (QED) is 0.286. The normalized spacial score (nSPS) is 13.6. The number of ether oxygens (including phenoxy) is 3. The molecule has 164 valence electrons. The molecule has 31 heavy (non-hydrogen) atoms. The summed E-state index contributed by atoms with van der Waals surface area (Å²) < 4.78 is 22.4. The molecule has 2 N–H and O–H groups in total. The average molecular weight is 442 g/mol. The zero-order chi connectivity index (χ0) is 21.1. The monoisotopic (exact) mass is 441 g/mol. The van der Waals surface area contributed by atoms with Crippen LogP contribution in [0.15, 0.2) is 63.5 Å². The molecule has 0 bridgehead atoms. The van der Waals surface area contributed by atoms with E-state index in [1.807, 2.05) is 36.4 Å². The zero-order valence-electron chi connectivity index (χ0n) is 17.3. The van der Waals surface area contributed by atoms with E-state index in [2.05, 4.69) is 22.1 Å². The van der Waals surface area contributed by atoms with Gasteiger partial charge in [-0.3, -0.25) is 0 Å². The van der Waals surface area contributed by atoms with Gasteiger partial charge in [0.25, 0.3) is 0 Å². The van der Waals surface area contributed by atoms with Gasteiger partial charge in [0.05, 0.1) is 26.0 Å². The molecule has 0 spiro atoms. The number of aliphatic imine (C=N–C) groups is 1. The Balaban J connectivity index is 1.31. The van der Waals surface area contributed by atoms with Gasteiger partial charge in [0.2, 0.25) is 0 Å². The van der Waals surface area contributed by atoms with Gasteiger partial charge < -0.3 is 29.3 Å². The van der Waals surface area contributed by atoms with Crippen molar-refractivity contribution in [2.75, 3.05) is 31.7 Å². The average Bonchev–Trinajstić information content (AvgIpc) is 3.45. The Bertz CT molecular complexity index is 942. The molecule has 2 aromatic heterocycles. The van der Waals surface area contributed by atoms with Crippen LogP contribution in [0.1, 0.15) is 23.5 Å². The van der Waals surface area contributed by atoms with Crippen molar-refractivity contribution in [1.29, 1.82) is 0 Å². The highest BCUT2D eigenvalue weighted by Crippen LogP contribution is 2.32. The Labute approximate surface area is 186 Å². The molecule has 0 saturated carbocycles. The Hall–Kier alpha value is -2.97. The molecule has 0 aliphatic carbocycles. The molecule has 0 atom stereocenters. The van der Waals surface area contributed by atoms with E-state index in [-0.39, 0.29) is 0 Å². The molecule has 3 heterocycles. The molecule has 7 nitrogen and oxygen atoms in total. The van der Waals surface area contributed by atoms with Crippen molar-refractivity contribution in [1.82, 2.24) is 5.32 Å². The number of fused-ring (bicyclic) bond motifs is 1. The lowest BCUT2D eigenvalue weighted by atomic mass is 10.2. The maximum Gasteiger partial charge on any atom is 0.196 e. The van der Waals surface area contributed by atoms with Crippen LogP contribution in [-0.2, 0) is 17.9 Å². The van der Waals surface area contributed by atoms with Crippen LogP contribution in [0.3, 0.4) is 0 Å². The summed E-state index contributed by atoms with van der Waals surface area (Å²) in [6.45, 7) is 3.81. The summed E-state index contributed by atoms with van der Waals surface area (Å²) in [4.78, 5) is 5.94. The largest absolute Gasteiger partial charge is 0.490 e. The summed E-state index contributed by atoms with van der Waals surface area (Å²) in [5.41, 5.74) is 0.899. The summed E-state index contributed by atoms with van der Waals surface area (Å²) in [6.07, 6.45) is 3.39. The number of rotatable bonds is 9. The van der Waals surface area contributed by atoms with Gasteiger partial charge in [-0.25, -0.2) is 4.99 Å². The minimum Gasteiger partial charge on any atom is -0.490 e. The molecule has 0 fully saturated rings. The number of benzene rings is 1. The Morgan fingerprint density at radius 3 is 2.87 bits per heavy atom. The topological polar surface area (TPSA) is 77.2 Å². The highest BCUT2D eigenvalue weighted by atomic mass is 32.1. The van der Waals surface area contributed by atoms with E-state index in [9.17, 15) is 0 Å². The van der Waals surface area contributed by atoms with Crippen molar-refractivity contribution in [3.8, 4) is 11.5 Å². The first kappa shape index (κ1) is 21.3. The molecule has 8 heteroatoms. The third-order valence-corrected chi connectivity index (χ3v) is 5.43. The van der Waals surface area contributed by atoms with E-state index in [1.54, 1.807) is 17.6 Å². The minimum absolute atomic E-state index is 0.488. The molecule has 1 aromatic carbocycles. The summed E-state index contributed by atoms with van der Waals surface area (Å²) >= 11 is 1.70. The molecule has 0 saturated heterocycles. The van der Waals surface area contributed by atoms with E-state index >= 15 is 0 Å². The van der Waals surface area contributed by atoms with Gasteiger partial charge in [-0.05, 0) is 42.1 Å². The van der Waals surface area contributed by atoms with E-state index < -0.39 is 0 Å². The number of hydrogen-bond donors (Lipinski definition) is 2. The fourth-order valence-corrected chi connectivity index (χ4v) is 3.65. The van der Waals surface area contributed by atoms with Crippen molar-refractivity contribution in [3.05, 3.63) is 64.7 Å². The van der Waals surface area contributed by atoms with E-state index in [4.69, 9.17) is 23.6 Å². The maximum atomic E-state index is 5.80. The number of nitrogens with zero attached hydrogens (tertiary/aromatic N) is 1. The molecular weight excluding hydrogens is 414 g/mol. The van der Waals surface area contributed by atoms with Crippen LogP contribution in [0.4, 0.5) is 5.69 Å². The molecule has 0 unspecified atom stereocenters. The highest BCUT2D eigenvalue weighted by molar-refractivity contribution is 7.09. The lowest BCUT2D eigenvalue weighted by molar-refractivity contribution is 0.105. The van der Waals surface area contributed by atoms with Crippen LogP contribution < -0.4 is 20.1 Å². The standard InChI is InChI=1S/C23H27N3O4S/c1-5-19(28-11-1)17-27-10-3-9-24-23(25-16-20-6-2-14-31-20)26-18-7-8-21-22(15-18)30-13-4-12-29-21/h1-2,5-8,11,14-15H,3-4,9-10,12-13,16-17H2,(H2,24,25,26). The van der Waals surface area contributed by atoms with Gasteiger partial charge >= 0.3 is 0 Å².